The minimum atomic E-state index is -0.365. The zero-order valence-electron chi connectivity index (χ0n) is 11.0. The number of hydrogen-bond acceptors (Lipinski definition) is 4. The highest BCUT2D eigenvalue weighted by Crippen LogP contribution is 2.40. The molecule has 0 aromatic heterocycles. The lowest BCUT2D eigenvalue weighted by molar-refractivity contribution is -0.204. The van der Waals surface area contributed by atoms with Gasteiger partial charge in [-0.1, -0.05) is 13.3 Å². The summed E-state index contributed by atoms with van der Waals surface area (Å²) < 4.78 is 17.5. The van der Waals surface area contributed by atoms with Gasteiger partial charge in [-0.25, -0.2) is 0 Å². The van der Waals surface area contributed by atoms with Crippen molar-refractivity contribution in [2.75, 3.05) is 6.61 Å². The van der Waals surface area contributed by atoms with Crippen LogP contribution in [0.15, 0.2) is 0 Å². The largest absolute Gasteiger partial charge is 0.459 e. The van der Waals surface area contributed by atoms with E-state index in [1.165, 1.54) is 19.3 Å². The molecule has 18 heavy (non-hydrogen) atoms. The van der Waals surface area contributed by atoms with Crippen LogP contribution in [0.5, 0.6) is 0 Å². The Morgan fingerprint density at radius 3 is 2.67 bits per heavy atom. The first-order valence-corrected chi connectivity index (χ1v) is 7.18. The van der Waals surface area contributed by atoms with Gasteiger partial charge in [0.1, 0.15) is 12.2 Å². The Balaban J connectivity index is 1.62. The Kier molecular flexibility index (Phi) is 3.32. The molecule has 0 bridgehead atoms. The number of esters is 1. The second kappa shape index (κ2) is 4.82. The van der Waals surface area contributed by atoms with Gasteiger partial charge >= 0.3 is 5.97 Å². The number of cyclic esters (lactones) is 1. The molecule has 102 valence electrons. The molecular formula is C14H22O4. The first-order chi connectivity index (χ1) is 8.67. The summed E-state index contributed by atoms with van der Waals surface area (Å²) in [6.45, 7) is 2.67. The summed E-state index contributed by atoms with van der Waals surface area (Å²) in [6.07, 6.45) is 6.86. The molecule has 2 heterocycles. The average Bonchev–Trinajstić information content (AvgIpc) is 2.73. The van der Waals surface area contributed by atoms with Gasteiger partial charge < -0.3 is 14.2 Å². The van der Waals surface area contributed by atoms with Crippen molar-refractivity contribution < 1.29 is 19.0 Å². The molecule has 0 N–H and O–H groups in total. The van der Waals surface area contributed by atoms with Gasteiger partial charge in [0.25, 0.3) is 0 Å². The molecule has 3 fully saturated rings. The Hall–Kier alpha value is -0.610. The van der Waals surface area contributed by atoms with Gasteiger partial charge in [0.2, 0.25) is 0 Å². The van der Waals surface area contributed by atoms with Crippen molar-refractivity contribution in [3.8, 4) is 0 Å². The molecule has 1 spiro atoms. The SMILES string of the molecule is C[C@H]1CC(=O)O[C@@H]([C@H]2COC3(CCCCC3)O2)C1. The monoisotopic (exact) mass is 254 g/mol. The van der Waals surface area contributed by atoms with Crippen LogP contribution in [0.4, 0.5) is 0 Å². The first-order valence-electron chi connectivity index (χ1n) is 7.18. The molecule has 2 aliphatic heterocycles. The van der Waals surface area contributed by atoms with E-state index in [-0.39, 0.29) is 24.0 Å². The van der Waals surface area contributed by atoms with Crippen LogP contribution in [0.2, 0.25) is 0 Å². The normalized spacial score (nSPS) is 39.8. The van der Waals surface area contributed by atoms with E-state index in [4.69, 9.17) is 14.2 Å². The Morgan fingerprint density at radius 2 is 1.94 bits per heavy atom. The van der Waals surface area contributed by atoms with Crippen molar-refractivity contribution >= 4 is 5.97 Å². The topological polar surface area (TPSA) is 44.8 Å². The summed E-state index contributed by atoms with van der Waals surface area (Å²) >= 11 is 0. The molecule has 1 saturated carbocycles. The summed E-state index contributed by atoms with van der Waals surface area (Å²) in [6, 6.07) is 0. The average molecular weight is 254 g/mol. The van der Waals surface area contributed by atoms with Crippen LogP contribution in [0.3, 0.4) is 0 Å². The molecule has 4 nitrogen and oxygen atoms in total. The lowest BCUT2D eigenvalue weighted by Crippen LogP contribution is -2.41. The molecular weight excluding hydrogens is 232 g/mol. The van der Waals surface area contributed by atoms with Gasteiger partial charge in [-0.3, -0.25) is 4.79 Å². The first kappa shape index (κ1) is 12.4. The van der Waals surface area contributed by atoms with Crippen LogP contribution in [-0.2, 0) is 19.0 Å². The van der Waals surface area contributed by atoms with Gasteiger partial charge in [0, 0.05) is 19.3 Å². The molecule has 2 saturated heterocycles. The summed E-state index contributed by atoms with van der Waals surface area (Å²) in [7, 11) is 0. The third kappa shape index (κ3) is 2.41. The molecule has 4 heteroatoms. The Morgan fingerprint density at radius 1 is 1.17 bits per heavy atom. The summed E-state index contributed by atoms with van der Waals surface area (Å²) in [5, 5.41) is 0. The van der Waals surface area contributed by atoms with Crippen molar-refractivity contribution in [3.05, 3.63) is 0 Å². The van der Waals surface area contributed by atoms with Crippen molar-refractivity contribution in [2.24, 2.45) is 5.92 Å². The smallest absolute Gasteiger partial charge is 0.306 e. The van der Waals surface area contributed by atoms with Gasteiger partial charge in [-0.15, -0.1) is 0 Å². The van der Waals surface area contributed by atoms with Crippen molar-refractivity contribution in [2.45, 2.75) is 69.9 Å². The molecule has 3 aliphatic rings. The lowest BCUT2D eigenvalue weighted by atomic mass is 9.93. The summed E-state index contributed by atoms with van der Waals surface area (Å²) in [5.41, 5.74) is 0. The predicted octanol–water partition coefficient (Wildman–Crippen LogP) is 2.40. The van der Waals surface area contributed by atoms with E-state index in [2.05, 4.69) is 6.92 Å². The van der Waals surface area contributed by atoms with E-state index in [1.807, 2.05) is 0 Å². The maximum atomic E-state index is 11.5. The summed E-state index contributed by atoms with van der Waals surface area (Å²) in [4.78, 5) is 11.5. The fourth-order valence-electron chi connectivity index (χ4n) is 3.37. The Bertz CT molecular complexity index is 322. The van der Waals surface area contributed by atoms with Crippen molar-refractivity contribution in [1.82, 2.24) is 0 Å². The van der Waals surface area contributed by atoms with Gasteiger partial charge in [-0.2, -0.15) is 0 Å². The third-order valence-electron chi connectivity index (χ3n) is 4.34. The second-order valence-corrected chi connectivity index (χ2v) is 6.01. The maximum Gasteiger partial charge on any atom is 0.306 e. The Labute approximate surface area is 108 Å². The van der Waals surface area contributed by atoms with E-state index in [0.717, 1.165) is 19.3 Å². The van der Waals surface area contributed by atoms with Crippen LogP contribution >= 0.6 is 0 Å². The van der Waals surface area contributed by atoms with Gasteiger partial charge in [-0.05, 0) is 25.2 Å². The second-order valence-electron chi connectivity index (χ2n) is 6.01. The molecule has 0 aromatic rings. The standard InChI is InChI=1S/C14H22O4/c1-10-7-11(17-13(15)8-10)12-9-16-14(18-12)5-3-2-4-6-14/h10-12H,2-9H2,1H3/t10-,11-,12-/m1/s1. The zero-order valence-corrected chi connectivity index (χ0v) is 11.0. The van der Waals surface area contributed by atoms with Crippen LogP contribution in [0.1, 0.15) is 51.9 Å². The minimum absolute atomic E-state index is 0.0604. The van der Waals surface area contributed by atoms with E-state index < -0.39 is 0 Å². The highest BCUT2D eigenvalue weighted by atomic mass is 16.8. The highest BCUT2D eigenvalue weighted by molar-refractivity contribution is 5.70. The number of carbonyl (C=O) groups is 1. The fraction of sp³-hybridized carbons (Fsp3) is 0.929. The molecule has 3 atom stereocenters. The van der Waals surface area contributed by atoms with E-state index >= 15 is 0 Å². The van der Waals surface area contributed by atoms with Crippen LogP contribution in [0, 0.1) is 5.92 Å². The van der Waals surface area contributed by atoms with Crippen molar-refractivity contribution in [3.63, 3.8) is 0 Å². The number of carbonyl (C=O) groups excluding carboxylic acids is 1. The van der Waals surface area contributed by atoms with Gasteiger partial charge in [0.05, 0.1) is 6.61 Å². The van der Waals surface area contributed by atoms with E-state index in [9.17, 15) is 4.79 Å². The fourth-order valence-corrected chi connectivity index (χ4v) is 3.37. The van der Waals surface area contributed by atoms with Crippen molar-refractivity contribution in [1.29, 1.82) is 0 Å². The predicted molar refractivity (Wildman–Crippen MR) is 64.9 cm³/mol. The minimum Gasteiger partial charge on any atom is -0.459 e. The van der Waals surface area contributed by atoms with Crippen LogP contribution in [0.25, 0.3) is 0 Å². The molecule has 0 aromatic carbocycles. The molecule has 0 radical (unpaired) electrons. The number of hydrogen-bond donors (Lipinski definition) is 0. The number of rotatable bonds is 1. The van der Waals surface area contributed by atoms with Gasteiger partial charge in [0.15, 0.2) is 5.79 Å². The quantitative estimate of drug-likeness (QED) is 0.674. The molecule has 3 rings (SSSR count). The van der Waals surface area contributed by atoms with E-state index in [0.29, 0.717) is 18.9 Å². The number of ether oxygens (including phenoxy) is 3. The van der Waals surface area contributed by atoms with Crippen LogP contribution in [-0.4, -0.2) is 30.6 Å². The molecule has 0 amide bonds. The summed E-state index contributed by atoms with van der Waals surface area (Å²) in [5.74, 6) is -0.0644. The van der Waals surface area contributed by atoms with E-state index in [1.54, 1.807) is 0 Å². The maximum absolute atomic E-state index is 11.5. The molecule has 0 unspecified atom stereocenters. The highest BCUT2D eigenvalue weighted by Gasteiger charge is 2.46. The third-order valence-corrected chi connectivity index (χ3v) is 4.34. The lowest BCUT2D eigenvalue weighted by Gasteiger charge is -2.34. The van der Waals surface area contributed by atoms with Crippen LogP contribution < -0.4 is 0 Å². The zero-order chi connectivity index (χ0) is 12.6. The molecule has 1 aliphatic carbocycles.